The number of ether oxygens (including phenoxy) is 1. The van der Waals surface area contributed by atoms with Gasteiger partial charge in [0.25, 0.3) is 0 Å². The second kappa shape index (κ2) is 3.91. The van der Waals surface area contributed by atoms with Gasteiger partial charge < -0.3 is 9.30 Å². The molecule has 1 unspecified atom stereocenters. The van der Waals surface area contributed by atoms with Crippen molar-refractivity contribution in [3.63, 3.8) is 0 Å². The molecule has 1 aliphatic heterocycles. The van der Waals surface area contributed by atoms with E-state index < -0.39 is 0 Å². The molecule has 3 nitrogen and oxygen atoms in total. The Labute approximate surface area is 101 Å². The summed E-state index contributed by atoms with van der Waals surface area (Å²) in [6.45, 7) is 5.88. The first kappa shape index (κ1) is 10.4. The van der Waals surface area contributed by atoms with Gasteiger partial charge in [-0.3, -0.25) is 0 Å². The minimum atomic E-state index is 0.272. The summed E-state index contributed by atoms with van der Waals surface area (Å²) < 4.78 is 7.89. The molecule has 2 aromatic rings. The normalized spacial score (nSPS) is 19.4. The van der Waals surface area contributed by atoms with Crippen LogP contribution in [0.3, 0.4) is 0 Å². The third-order valence-corrected chi connectivity index (χ3v) is 3.16. The maximum atomic E-state index is 5.65. The molecule has 17 heavy (non-hydrogen) atoms. The lowest BCUT2D eigenvalue weighted by molar-refractivity contribution is 0.324. The van der Waals surface area contributed by atoms with Crippen molar-refractivity contribution in [3.8, 4) is 0 Å². The quantitative estimate of drug-likeness (QED) is 0.776. The summed E-state index contributed by atoms with van der Waals surface area (Å²) in [7, 11) is 0. The predicted molar refractivity (Wildman–Crippen MR) is 69.6 cm³/mol. The second-order valence-electron chi connectivity index (χ2n) is 4.44. The van der Waals surface area contributed by atoms with Gasteiger partial charge in [-0.15, -0.1) is 0 Å². The van der Waals surface area contributed by atoms with Gasteiger partial charge in [-0.25, -0.2) is 4.99 Å². The van der Waals surface area contributed by atoms with Crippen molar-refractivity contribution in [2.24, 2.45) is 4.99 Å². The number of nitrogens with zero attached hydrogens (tertiary/aromatic N) is 2. The average Bonchev–Trinajstić information content (AvgIpc) is 2.92. The molecule has 3 heteroatoms. The summed E-state index contributed by atoms with van der Waals surface area (Å²) >= 11 is 0. The van der Waals surface area contributed by atoms with Crippen LogP contribution in [0.15, 0.2) is 35.5 Å². The number of hydrogen-bond acceptors (Lipinski definition) is 2. The number of fused-ring (bicyclic) bond motifs is 1. The molecule has 2 heterocycles. The molecule has 1 aromatic carbocycles. The molecule has 1 aliphatic rings. The van der Waals surface area contributed by atoms with E-state index in [0.29, 0.717) is 6.61 Å². The summed E-state index contributed by atoms with van der Waals surface area (Å²) in [4.78, 5) is 4.54. The minimum Gasteiger partial charge on any atom is -0.475 e. The number of aliphatic imine (C=N–C) groups is 1. The van der Waals surface area contributed by atoms with Gasteiger partial charge in [0, 0.05) is 23.6 Å². The Morgan fingerprint density at radius 3 is 2.94 bits per heavy atom. The van der Waals surface area contributed by atoms with Crippen LogP contribution in [0, 0.1) is 0 Å². The SMILES string of the molecule is CCn1cc(C2=NC(C)CO2)c2ccccc21. The molecule has 0 amide bonds. The fraction of sp³-hybridized carbons (Fsp3) is 0.357. The molecular formula is C14H16N2O. The Morgan fingerprint density at radius 1 is 1.41 bits per heavy atom. The van der Waals surface area contributed by atoms with Crippen LogP contribution >= 0.6 is 0 Å². The third-order valence-electron chi connectivity index (χ3n) is 3.16. The van der Waals surface area contributed by atoms with Crippen LogP contribution in [0.4, 0.5) is 0 Å². The van der Waals surface area contributed by atoms with Crippen molar-refractivity contribution in [3.05, 3.63) is 36.0 Å². The Balaban J connectivity index is 2.20. The molecule has 1 atom stereocenters. The van der Waals surface area contributed by atoms with Crippen LogP contribution in [-0.2, 0) is 11.3 Å². The highest BCUT2D eigenvalue weighted by atomic mass is 16.5. The molecule has 0 saturated heterocycles. The van der Waals surface area contributed by atoms with Gasteiger partial charge >= 0.3 is 0 Å². The zero-order chi connectivity index (χ0) is 11.8. The average molecular weight is 228 g/mol. The van der Waals surface area contributed by atoms with Gasteiger partial charge in [-0.2, -0.15) is 0 Å². The van der Waals surface area contributed by atoms with E-state index in [-0.39, 0.29) is 6.04 Å². The van der Waals surface area contributed by atoms with Gasteiger partial charge in [-0.05, 0) is 19.9 Å². The Hall–Kier alpha value is -1.77. The third kappa shape index (κ3) is 1.62. The topological polar surface area (TPSA) is 26.5 Å². The van der Waals surface area contributed by atoms with Crippen LogP contribution in [0.25, 0.3) is 10.9 Å². The number of aryl methyl sites for hydroxylation is 1. The minimum absolute atomic E-state index is 0.272. The molecule has 1 aromatic heterocycles. The van der Waals surface area contributed by atoms with Crippen molar-refractivity contribution < 1.29 is 4.74 Å². The standard InChI is InChI=1S/C14H16N2O/c1-3-16-8-12(14-15-10(2)9-17-14)11-6-4-5-7-13(11)16/h4-8,10H,3,9H2,1-2H3. The molecule has 3 rings (SSSR count). The van der Waals surface area contributed by atoms with E-state index in [9.17, 15) is 0 Å². The first-order valence-electron chi connectivity index (χ1n) is 6.08. The highest BCUT2D eigenvalue weighted by Crippen LogP contribution is 2.24. The molecule has 88 valence electrons. The van der Waals surface area contributed by atoms with Crippen LogP contribution in [0.2, 0.25) is 0 Å². The number of aromatic nitrogens is 1. The van der Waals surface area contributed by atoms with Crippen LogP contribution in [-0.4, -0.2) is 23.1 Å². The molecule has 0 aliphatic carbocycles. The lowest BCUT2D eigenvalue weighted by Crippen LogP contribution is -2.01. The summed E-state index contributed by atoms with van der Waals surface area (Å²) in [5.41, 5.74) is 2.36. The largest absolute Gasteiger partial charge is 0.475 e. The summed E-state index contributed by atoms with van der Waals surface area (Å²) in [6, 6.07) is 8.67. The van der Waals surface area contributed by atoms with Gasteiger partial charge in [0.2, 0.25) is 5.90 Å². The number of rotatable bonds is 2. The van der Waals surface area contributed by atoms with Crippen molar-refractivity contribution in [2.45, 2.75) is 26.4 Å². The zero-order valence-electron chi connectivity index (χ0n) is 10.2. The van der Waals surface area contributed by atoms with E-state index in [1.165, 1.54) is 10.9 Å². The summed E-state index contributed by atoms with van der Waals surface area (Å²) in [6.07, 6.45) is 2.14. The van der Waals surface area contributed by atoms with Gasteiger partial charge in [-0.1, -0.05) is 18.2 Å². The van der Waals surface area contributed by atoms with Crippen molar-refractivity contribution in [1.29, 1.82) is 0 Å². The highest BCUT2D eigenvalue weighted by molar-refractivity contribution is 6.07. The Bertz CT molecular complexity index is 583. The van der Waals surface area contributed by atoms with Crippen molar-refractivity contribution in [1.82, 2.24) is 4.57 Å². The number of benzene rings is 1. The predicted octanol–water partition coefficient (Wildman–Crippen LogP) is 2.83. The van der Waals surface area contributed by atoms with Gasteiger partial charge in [0.05, 0.1) is 11.6 Å². The van der Waals surface area contributed by atoms with Crippen LogP contribution in [0.5, 0.6) is 0 Å². The van der Waals surface area contributed by atoms with Crippen molar-refractivity contribution in [2.75, 3.05) is 6.61 Å². The highest BCUT2D eigenvalue weighted by Gasteiger charge is 2.20. The van der Waals surface area contributed by atoms with Crippen LogP contribution < -0.4 is 0 Å². The molecule has 0 radical (unpaired) electrons. The van der Waals surface area contributed by atoms with E-state index in [1.54, 1.807) is 0 Å². The lowest BCUT2D eigenvalue weighted by atomic mass is 10.2. The van der Waals surface area contributed by atoms with E-state index in [2.05, 4.69) is 53.9 Å². The number of para-hydroxylation sites is 1. The summed E-state index contributed by atoms with van der Waals surface area (Å²) in [5.74, 6) is 0.793. The maximum Gasteiger partial charge on any atom is 0.218 e. The zero-order valence-corrected chi connectivity index (χ0v) is 10.2. The Kier molecular flexibility index (Phi) is 2.39. The monoisotopic (exact) mass is 228 g/mol. The van der Waals surface area contributed by atoms with E-state index >= 15 is 0 Å². The van der Waals surface area contributed by atoms with E-state index in [4.69, 9.17) is 4.74 Å². The molecule has 0 spiro atoms. The van der Waals surface area contributed by atoms with E-state index in [0.717, 1.165) is 18.0 Å². The first-order chi connectivity index (χ1) is 8.29. The van der Waals surface area contributed by atoms with Gasteiger partial charge in [0.15, 0.2) is 0 Å². The smallest absolute Gasteiger partial charge is 0.218 e. The second-order valence-corrected chi connectivity index (χ2v) is 4.44. The maximum absolute atomic E-state index is 5.65. The molecule has 0 bridgehead atoms. The Morgan fingerprint density at radius 2 is 2.24 bits per heavy atom. The first-order valence-corrected chi connectivity index (χ1v) is 6.08. The number of hydrogen-bond donors (Lipinski definition) is 0. The molecule has 0 N–H and O–H groups in total. The van der Waals surface area contributed by atoms with E-state index in [1.807, 2.05) is 0 Å². The summed E-state index contributed by atoms with van der Waals surface area (Å²) in [5, 5.41) is 1.22. The lowest BCUT2D eigenvalue weighted by Gasteiger charge is -1.98. The fourth-order valence-corrected chi connectivity index (χ4v) is 2.30. The molecular weight excluding hydrogens is 212 g/mol. The van der Waals surface area contributed by atoms with Crippen LogP contribution in [0.1, 0.15) is 19.4 Å². The van der Waals surface area contributed by atoms with Crippen molar-refractivity contribution >= 4 is 16.8 Å². The van der Waals surface area contributed by atoms with Gasteiger partial charge in [0.1, 0.15) is 6.61 Å². The molecule has 0 saturated carbocycles. The molecule has 0 fully saturated rings. The fourth-order valence-electron chi connectivity index (χ4n) is 2.30.